The van der Waals surface area contributed by atoms with E-state index in [1.165, 1.54) is 45.2 Å². The number of carbonyl (C=O) groups excluding carboxylic acids is 1. The van der Waals surface area contributed by atoms with E-state index in [2.05, 4.69) is 9.80 Å². The standard InChI is InChI=1S/C17H31N3O2/c21-17(20-12-14-22-15-13-20)16-6-2-5-9-19(16)11-10-18-7-3-1-4-8-18/h16H,1-15H2. The zero-order valence-electron chi connectivity index (χ0n) is 13.8. The first kappa shape index (κ1) is 16.2. The minimum absolute atomic E-state index is 0.122. The van der Waals surface area contributed by atoms with E-state index < -0.39 is 0 Å². The van der Waals surface area contributed by atoms with Crippen molar-refractivity contribution in [1.29, 1.82) is 0 Å². The van der Waals surface area contributed by atoms with Crippen LogP contribution in [0.1, 0.15) is 38.5 Å². The smallest absolute Gasteiger partial charge is 0.240 e. The Hall–Kier alpha value is -0.650. The monoisotopic (exact) mass is 309 g/mol. The number of hydrogen-bond acceptors (Lipinski definition) is 4. The summed E-state index contributed by atoms with van der Waals surface area (Å²) in [5, 5.41) is 0. The van der Waals surface area contributed by atoms with Gasteiger partial charge in [0.15, 0.2) is 0 Å². The molecular formula is C17H31N3O2. The van der Waals surface area contributed by atoms with Crippen molar-refractivity contribution >= 4 is 5.91 Å². The maximum absolute atomic E-state index is 12.8. The number of likely N-dealkylation sites (tertiary alicyclic amines) is 2. The first-order valence-electron chi connectivity index (χ1n) is 9.17. The molecule has 22 heavy (non-hydrogen) atoms. The first-order chi connectivity index (χ1) is 10.8. The summed E-state index contributed by atoms with van der Waals surface area (Å²) in [6.07, 6.45) is 7.55. The van der Waals surface area contributed by atoms with Crippen LogP contribution >= 0.6 is 0 Å². The van der Waals surface area contributed by atoms with Crippen LogP contribution in [-0.2, 0) is 9.53 Å². The van der Waals surface area contributed by atoms with E-state index in [1.54, 1.807) is 0 Å². The molecule has 3 aliphatic heterocycles. The quantitative estimate of drug-likeness (QED) is 0.781. The molecule has 3 rings (SSSR count). The van der Waals surface area contributed by atoms with E-state index in [4.69, 9.17) is 4.74 Å². The molecule has 0 radical (unpaired) electrons. The van der Waals surface area contributed by atoms with Crippen molar-refractivity contribution in [2.45, 2.75) is 44.6 Å². The van der Waals surface area contributed by atoms with E-state index in [0.717, 1.165) is 39.1 Å². The van der Waals surface area contributed by atoms with Gasteiger partial charge in [0.1, 0.15) is 0 Å². The van der Waals surface area contributed by atoms with Gasteiger partial charge in [0.25, 0.3) is 0 Å². The zero-order valence-corrected chi connectivity index (χ0v) is 13.8. The molecule has 0 aromatic carbocycles. The Balaban J connectivity index is 1.52. The molecule has 0 aliphatic carbocycles. The van der Waals surface area contributed by atoms with E-state index in [1.807, 2.05) is 4.90 Å². The van der Waals surface area contributed by atoms with Crippen molar-refractivity contribution < 1.29 is 9.53 Å². The number of carbonyl (C=O) groups is 1. The van der Waals surface area contributed by atoms with Crippen LogP contribution in [-0.4, -0.2) is 85.7 Å². The van der Waals surface area contributed by atoms with Gasteiger partial charge >= 0.3 is 0 Å². The van der Waals surface area contributed by atoms with Crippen LogP contribution < -0.4 is 0 Å². The highest BCUT2D eigenvalue weighted by Gasteiger charge is 2.32. The van der Waals surface area contributed by atoms with Crippen LogP contribution in [0.2, 0.25) is 0 Å². The lowest BCUT2D eigenvalue weighted by molar-refractivity contribution is -0.142. The second-order valence-electron chi connectivity index (χ2n) is 6.89. The van der Waals surface area contributed by atoms with Gasteiger partial charge in [-0.3, -0.25) is 9.69 Å². The van der Waals surface area contributed by atoms with Gasteiger partial charge < -0.3 is 14.5 Å². The number of amides is 1. The van der Waals surface area contributed by atoms with Crippen LogP contribution in [0.3, 0.4) is 0 Å². The van der Waals surface area contributed by atoms with Gasteiger partial charge in [-0.1, -0.05) is 12.8 Å². The molecule has 1 unspecified atom stereocenters. The summed E-state index contributed by atoms with van der Waals surface area (Å²) in [5.74, 6) is 0.349. The first-order valence-corrected chi connectivity index (χ1v) is 9.17. The molecule has 0 spiro atoms. The van der Waals surface area contributed by atoms with Gasteiger partial charge in [-0.2, -0.15) is 0 Å². The van der Waals surface area contributed by atoms with Crippen LogP contribution in [0.25, 0.3) is 0 Å². The summed E-state index contributed by atoms with van der Waals surface area (Å²) in [7, 11) is 0. The molecule has 1 atom stereocenters. The van der Waals surface area contributed by atoms with Crippen molar-refractivity contribution in [2.75, 3.05) is 59.0 Å². The van der Waals surface area contributed by atoms with Gasteiger partial charge in [-0.25, -0.2) is 0 Å². The Kier molecular flexibility index (Phi) is 6.10. The van der Waals surface area contributed by atoms with Gasteiger partial charge in [0, 0.05) is 26.2 Å². The predicted molar refractivity (Wildman–Crippen MR) is 86.9 cm³/mol. The molecule has 0 saturated carbocycles. The molecule has 0 N–H and O–H groups in total. The summed E-state index contributed by atoms with van der Waals surface area (Å²) in [6, 6.07) is 0.122. The third-order valence-electron chi connectivity index (χ3n) is 5.37. The molecule has 0 bridgehead atoms. The number of hydrogen-bond donors (Lipinski definition) is 0. The number of nitrogens with zero attached hydrogens (tertiary/aromatic N) is 3. The number of morpholine rings is 1. The summed E-state index contributed by atoms with van der Waals surface area (Å²) < 4.78 is 5.38. The van der Waals surface area contributed by atoms with Crippen molar-refractivity contribution in [1.82, 2.24) is 14.7 Å². The average molecular weight is 309 g/mol. The fraction of sp³-hybridized carbons (Fsp3) is 0.941. The largest absolute Gasteiger partial charge is 0.378 e. The minimum Gasteiger partial charge on any atom is -0.378 e. The molecule has 0 aromatic heterocycles. The summed E-state index contributed by atoms with van der Waals surface area (Å²) >= 11 is 0. The molecule has 5 nitrogen and oxygen atoms in total. The third-order valence-corrected chi connectivity index (χ3v) is 5.37. The van der Waals surface area contributed by atoms with Crippen molar-refractivity contribution in [3.8, 4) is 0 Å². The number of piperidine rings is 2. The Morgan fingerprint density at radius 3 is 2.36 bits per heavy atom. The fourth-order valence-electron chi connectivity index (χ4n) is 3.99. The molecule has 126 valence electrons. The predicted octanol–water partition coefficient (Wildman–Crippen LogP) is 1.19. The molecule has 3 heterocycles. The Labute approximate surface area is 134 Å². The summed E-state index contributed by atoms with van der Waals surface area (Å²) in [5.41, 5.74) is 0. The maximum Gasteiger partial charge on any atom is 0.240 e. The maximum atomic E-state index is 12.8. The lowest BCUT2D eigenvalue weighted by Gasteiger charge is -2.39. The van der Waals surface area contributed by atoms with Gasteiger partial charge in [-0.05, 0) is 45.3 Å². The van der Waals surface area contributed by atoms with Gasteiger partial charge in [-0.15, -0.1) is 0 Å². The van der Waals surface area contributed by atoms with Gasteiger partial charge in [0.05, 0.1) is 19.3 Å². The Morgan fingerprint density at radius 2 is 1.59 bits per heavy atom. The van der Waals surface area contributed by atoms with E-state index in [9.17, 15) is 4.79 Å². The van der Waals surface area contributed by atoms with E-state index in [0.29, 0.717) is 19.1 Å². The SMILES string of the molecule is O=C(C1CCCCN1CCN1CCCCC1)N1CCOCC1. The van der Waals surface area contributed by atoms with Crippen molar-refractivity contribution in [3.63, 3.8) is 0 Å². The lowest BCUT2D eigenvalue weighted by Crippen LogP contribution is -2.54. The molecule has 5 heteroatoms. The third kappa shape index (κ3) is 4.21. The van der Waals surface area contributed by atoms with E-state index >= 15 is 0 Å². The molecule has 3 aliphatic rings. The highest BCUT2D eigenvalue weighted by molar-refractivity contribution is 5.82. The molecule has 3 saturated heterocycles. The number of ether oxygens (including phenoxy) is 1. The van der Waals surface area contributed by atoms with Crippen LogP contribution in [0.15, 0.2) is 0 Å². The highest BCUT2D eigenvalue weighted by atomic mass is 16.5. The minimum atomic E-state index is 0.122. The van der Waals surface area contributed by atoms with Crippen LogP contribution in [0, 0.1) is 0 Å². The lowest BCUT2D eigenvalue weighted by atomic mass is 10.0. The molecule has 3 fully saturated rings. The summed E-state index contributed by atoms with van der Waals surface area (Å²) in [4.78, 5) is 19.9. The van der Waals surface area contributed by atoms with E-state index in [-0.39, 0.29) is 6.04 Å². The average Bonchev–Trinajstić information content (AvgIpc) is 2.61. The zero-order chi connectivity index (χ0) is 15.2. The normalized spacial score (nSPS) is 28.7. The van der Waals surface area contributed by atoms with Crippen LogP contribution in [0.5, 0.6) is 0 Å². The summed E-state index contributed by atoms with van der Waals surface area (Å²) in [6.45, 7) is 8.72. The Morgan fingerprint density at radius 1 is 0.864 bits per heavy atom. The second-order valence-corrected chi connectivity index (χ2v) is 6.89. The number of rotatable bonds is 4. The topological polar surface area (TPSA) is 36.0 Å². The van der Waals surface area contributed by atoms with Crippen molar-refractivity contribution in [3.05, 3.63) is 0 Å². The van der Waals surface area contributed by atoms with Crippen LogP contribution in [0.4, 0.5) is 0 Å². The molecule has 0 aromatic rings. The molecule has 1 amide bonds. The second kappa shape index (κ2) is 8.27. The fourth-order valence-corrected chi connectivity index (χ4v) is 3.99. The molecular weight excluding hydrogens is 278 g/mol. The van der Waals surface area contributed by atoms with Gasteiger partial charge in [0.2, 0.25) is 5.91 Å². The van der Waals surface area contributed by atoms with Crippen molar-refractivity contribution in [2.24, 2.45) is 0 Å². The Bertz CT molecular complexity index is 352. The highest BCUT2D eigenvalue weighted by Crippen LogP contribution is 2.20.